The third kappa shape index (κ3) is 3.31. The quantitative estimate of drug-likeness (QED) is 0.723. The fourth-order valence-corrected chi connectivity index (χ4v) is 3.08. The van der Waals surface area contributed by atoms with Crippen LogP contribution in [0.1, 0.15) is 9.67 Å². The summed E-state index contributed by atoms with van der Waals surface area (Å²) in [4.78, 5) is 12.5. The number of nitrogens with one attached hydrogen (secondary N) is 1. The summed E-state index contributed by atoms with van der Waals surface area (Å²) >= 11 is 10.5. The van der Waals surface area contributed by atoms with Crippen molar-refractivity contribution in [3.8, 4) is 11.5 Å². The second-order valence-electron chi connectivity index (χ2n) is 3.98. The second kappa shape index (κ2) is 5.97. The minimum Gasteiger partial charge on any atom is -0.403 e. The van der Waals surface area contributed by atoms with Crippen LogP contribution in [0.3, 0.4) is 0 Å². The molecular weight excluding hydrogens is 378 g/mol. The zero-order chi connectivity index (χ0) is 14.8. The van der Waals surface area contributed by atoms with Gasteiger partial charge in [-0.25, -0.2) is 0 Å². The standard InChI is InChI=1S/C13H7BrClN3O2S/c14-10-5-4-9(21-10)11(19)16-13-18-17-12(20-13)7-2-1-3-8(15)6-7/h1-6H,(H,16,18,19). The van der Waals surface area contributed by atoms with Gasteiger partial charge in [0, 0.05) is 10.6 Å². The second-order valence-corrected chi connectivity index (χ2v) is 6.88. The SMILES string of the molecule is O=C(Nc1nnc(-c2cccc(Cl)c2)o1)c1ccc(Br)s1. The lowest BCUT2D eigenvalue weighted by atomic mass is 10.2. The maximum Gasteiger partial charge on any atom is 0.322 e. The minimum absolute atomic E-state index is 0.0412. The molecule has 0 fully saturated rings. The topological polar surface area (TPSA) is 68.0 Å². The van der Waals surface area contributed by atoms with Crippen LogP contribution < -0.4 is 5.32 Å². The third-order valence-electron chi connectivity index (χ3n) is 2.51. The van der Waals surface area contributed by atoms with Gasteiger partial charge in [0.25, 0.3) is 5.91 Å². The molecule has 0 saturated carbocycles. The molecule has 0 bridgehead atoms. The normalized spacial score (nSPS) is 10.6. The molecule has 2 heterocycles. The summed E-state index contributed by atoms with van der Waals surface area (Å²) in [5.74, 6) is -0.00726. The summed E-state index contributed by atoms with van der Waals surface area (Å²) in [6, 6.07) is 10.6. The van der Waals surface area contributed by atoms with Crippen molar-refractivity contribution in [2.24, 2.45) is 0 Å². The molecule has 1 aromatic carbocycles. The van der Waals surface area contributed by atoms with Gasteiger partial charge < -0.3 is 4.42 Å². The highest BCUT2D eigenvalue weighted by atomic mass is 79.9. The number of thiophene rings is 1. The van der Waals surface area contributed by atoms with Gasteiger partial charge in [0.15, 0.2) is 0 Å². The van der Waals surface area contributed by atoms with E-state index in [0.29, 0.717) is 21.4 Å². The number of rotatable bonds is 3. The first-order valence-corrected chi connectivity index (χ1v) is 7.77. The number of benzene rings is 1. The number of anilines is 1. The van der Waals surface area contributed by atoms with E-state index < -0.39 is 0 Å². The van der Waals surface area contributed by atoms with Gasteiger partial charge in [-0.1, -0.05) is 22.8 Å². The molecule has 0 radical (unpaired) electrons. The van der Waals surface area contributed by atoms with Crippen molar-refractivity contribution in [1.82, 2.24) is 10.2 Å². The number of aromatic nitrogens is 2. The van der Waals surface area contributed by atoms with E-state index in [4.69, 9.17) is 16.0 Å². The average molecular weight is 385 g/mol. The molecule has 8 heteroatoms. The molecule has 0 atom stereocenters. The molecule has 21 heavy (non-hydrogen) atoms. The number of nitrogens with zero attached hydrogens (tertiary/aromatic N) is 2. The molecule has 0 unspecified atom stereocenters. The first kappa shape index (κ1) is 14.2. The van der Waals surface area contributed by atoms with Crippen LogP contribution in [0.15, 0.2) is 44.6 Å². The van der Waals surface area contributed by atoms with Crippen molar-refractivity contribution in [2.45, 2.75) is 0 Å². The molecule has 0 spiro atoms. The lowest BCUT2D eigenvalue weighted by molar-refractivity contribution is 0.102. The molecule has 0 saturated heterocycles. The Morgan fingerprint density at radius 3 is 2.86 bits per heavy atom. The number of carbonyl (C=O) groups is 1. The lowest BCUT2D eigenvalue weighted by Crippen LogP contribution is -2.10. The van der Waals surface area contributed by atoms with E-state index in [1.807, 2.05) is 0 Å². The van der Waals surface area contributed by atoms with E-state index in [0.717, 1.165) is 3.79 Å². The van der Waals surface area contributed by atoms with Crippen LogP contribution in [0.4, 0.5) is 6.01 Å². The van der Waals surface area contributed by atoms with Gasteiger partial charge in [-0.15, -0.1) is 16.4 Å². The van der Waals surface area contributed by atoms with Crippen molar-refractivity contribution < 1.29 is 9.21 Å². The highest BCUT2D eigenvalue weighted by Gasteiger charge is 2.14. The zero-order valence-electron chi connectivity index (χ0n) is 10.3. The summed E-state index contributed by atoms with van der Waals surface area (Å²) in [5.41, 5.74) is 0.689. The lowest BCUT2D eigenvalue weighted by Gasteiger charge is -1.97. The summed E-state index contributed by atoms with van der Waals surface area (Å²) in [6.45, 7) is 0. The third-order valence-corrected chi connectivity index (χ3v) is 4.37. The van der Waals surface area contributed by atoms with Crippen LogP contribution in [-0.2, 0) is 0 Å². The smallest absolute Gasteiger partial charge is 0.322 e. The van der Waals surface area contributed by atoms with Gasteiger partial charge in [0.2, 0.25) is 5.89 Å². The Labute approximate surface area is 137 Å². The van der Waals surface area contributed by atoms with E-state index in [1.165, 1.54) is 11.3 Å². The molecule has 0 aliphatic carbocycles. The van der Waals surface area contributed by atoms with Crippen LogP contribution in [0.25, 0.3) is 11.5 Å². The zero-order valence-corrected chi connectivity index (χ0v) is 13.5. The highest BCUT2D eigenvalue weighted by Crippen LogP contribution is 2.25. The van der Waals surface area contributed by atoms with Crippen LogP contribution in [0.2, 0.25) is 5.02 Å². The fraction of sp³-hybridized carbons (Fsp3) is 0. The monoisotopic (exact) mass is 383 g/mol. The summed E-state index contributed by atoms with van der Waals surface area (Å²) in [5, 5.41) is 10.8. The van der Waals surface area contributed by atoms with E-state index >= 15 is 0 Å². The number of carbonyl (C=O) groups excluding carboxylic acids is 1. The Hall–Kier alpha value is -1.70. The van der Waals surface area contributed by atoms with Crippen LogP contribution in [0, 0.1) is 0 Å². The fourth-order valence-electron chi connectivity index (χ4n) is 1.61. The predicted molar refractivity (Wildman–Crippen MR) is 84.7 cm³/mol. The van der Waals surface area contributed by atoms with Gasteiger partial charge in [-0.05, 0) is 46.3 Å². The molecular formula is C13H7BrClN3O2S. The molecule has 5 nitrogen and oxygen atoms in total. The minimum atomic E-state index is -0.299. The van der Waals surface area contributed by atoms with Gasteiger partial charge in [0.1, 0.15) is 0 Å². The van der Waals surface area contributed by atoms with E-state index in [9.17, 15) is 4.79 Å². The largest absolute Gasteiger partial charge is 0.403 e. The van der Waals surface area contributed by atoms with Crippen molar-refractivity contribution in [3.63, 3.8) is 0 Å². The molecule has 2 aromatic heterocycles. The Kier molecular flexibility index (Phi) is 4.05. The van der Waals surface area contributed by atoms with Gasteiger partial charge in [-0.3, -0.25) is 10.1 Å². The van der Waals surface area contributed by atoms with Crippen molar-refractivity contribution >= 4 is 50.8 Å². The molecule has 106 valence electrons. The molecule has 0 aliphatic rings. The Morgan fingerprint density at radius 1 is 1.29 bits per heavy atom. The van der Waals surface area contributed by atoms with E-state index in [1.54, 1.807) is 36.4 Å². The van der Waals surface area contributed by atoms with Gasteiger partial charge in [0.05, 0.1) is 8.66 Å². The number of halogens is 2. The molecule has 1 amide bonds. The predicted octanol–water partition coefficient (Wildman–Crippen LogP) is 4.47. The Morgan fingerprint density at radius 2 is 2.14 bits per heavy atom. The Bertz CT molecular complexity index is 802. The number of hydrogen-bond acceptors (Lipinski definition) is 5. The maximum absolute atomic E-state index is 12.0. The van der Waals surface area contributed by atoms with Crippen LogP contribution in [0.5, 0.6) is 0 Å². The summed E-state index contributed by atoms with van der Waals surface area (Å²) < 4.78 is 6.28. The van der Waals surface area contributed by atoms with E-state index in [2.05, 4.69) is 31.4 Å². The molecule has 3 rings (SSSR count). The van der Waals surface area contributed by atoms with Crippen molar-refractivity contribution in [1.29, 1.82) is 0 Å². The van der Waals surface area contributed by atoms with Crippen LogP contribution >= 0.6 is 38.9 Å². The number of hydrogen-bond donors (Lipinski definition) is 1. The molecule has 0 aliphatic heterocycles. The van der Waals surface area contributed by atoms with Crippen molar-refractivity contribution in [2.75, 3.05) is 5.32 Å². The van der Waals surface area contributed by atoms with E-state index in [-0.39, 0.29) is 11.9 Å². The number of amides is 1. The first-order valence-electron chi connectivity index (χ1n) is 5.78. The molecule has 3 aromatic rings. The van der Waals surface area contributed by atoms with Gasteiger partial charge in [-0.2, -0.15) is 0 Å². The molecule has 1 N–H and O–H groups in total. The average Bonchev–Trinajstić information content (AvgIpc) is 3.08. The first-order chi connectivity index (χ1) is 10.1. The van der Waals surface area contributed by atoms with Crippen LogP contribution in [-0.4, -0.2) is 16.1 Å². The maximum atomic E-state index is 12.0. The summed E-state index contributed by atoms with van der Waals surface area (Å²) in [7, 11) is 0. The highest BCUT2D eigenvalue weighted by molar-refractivity contribution is 9.11. The van der Waals surface area contributed by atoms with Crippen molar-refractivity contribution in [3.05, 3.63) is 50.1 Å². The Balaban J connectivity index is 1.78. The summed E-state index contributed by atoms with van der Waals surface area (Å²) in [6.07, 6.45) is 0. The van der Waals surface area contributed by atoms with Gasteiger partial charge >= 0.3 is 6.01 Å².